The van der Waals surface area contributed by atoms with E-state index in [2.05, 4.69) is 6.92 Å². The lowest BCUT2D eigenvalue weighted by Gasteiger charge is -2.27. The van der Waals surface area contributed by atoms with Crippen LogP contribution in [-0.4, -0.2) is 29.9 Å². The van der Waals surface area contributed by atoms with Gasteiger partial charge < -0.3 is 15.4 Å². The van der Waals surface area contributed by atoms with Gasteiger partial charge >= 0.3 is 0 Å². The zero-order valence-electron chi connectivity index (χ0n) is 19.3. The molecule has 3 nitrogen and oxygen atoms in total. The van der Waals surface area contributed by atoms with Crippen LogP contribution < -0.4 is 0 Å². The molecule has 0 amide bonds. The second-order valence-electron chi connectivity index (χ2n) is 8.72. The Morgan fingerprint density at radius 3 is 1.07 bits per heavy atom. The van der Waals surface area contributed by atoms with Crippen molar-refractivity contribution in [1.82, 2.24) is 5.06 Å². The minimum atomic E-state index is 0.123. The van der Waals surface area contributed by atoms with Crippen molar-refractivity contribution in [2.24, 2.45) is 0 Å². The van der Waals surface area contributed by atoms with E-state index in [9.17, 15) is 5.21 Å². The van der Waals surface area contributed by atoms with Gasteiger partial charge in [0, 0.05) is 6.61 Å². The van der Waals surface area contributed by atoms with E-state index in [0.717, 1.165) is 11.5 Å². The van der Waals surface area contributed by atoms with E-state index in [4.69, 9.17) is 5.11 Å². The summed E-state index contributed by atoms with van der Waals surface area (Å²) in [6.45, 7) is 3.53. The number of aliphatic hydroxyl groups excluding tert-OH is 1. The molecule has 0 unspecified atom stereocenters. The summed E-state index contributed by atoms with van der Waals surface area (Å²) < 4.78 is 0. The summed E-state index contributed by atoms with van der Waals surface area (Å²) in [5.41, 5.74) is 0. The number of hydroxylamine groups is 2. The molecule has 0 aliphatic carbocycles. The molecule has 0 aliphatic rings. The molecule has 0 atom stereocenters. The summed E-state index contributed by atoms with van der Waals surface area (Å²) in [6.07, 6.45) is 28.3. The fraction of sp³-hybridized carbons (Fsp3) is 1.00. The van der Waals surface area contributed by atoms with E-state index in [1.54, 1.807) is 0 Å². The molecule has 1 N–H and O–H groups in total. The van der Waals surface area contributed by atoms with Crippen LogP contribution in [0.3, 0.4) is 0 Å². The molecule has 28 heavy (non-hydrogen) atoms. The summed E-state index contributed by atoms with van der Waals surface area (Å²) in [4.78, 5) is 0. The van der Waals surface area contributed by atoms with Crippen molar-refractivity contribution in [2.75, 3.05) is 19.7 Å². The third-order valence-corrected chi connectivity index (χ3v) is 5.83. The highest BCUT2D eigenvalue weighted by Crippen LogP contribution is 2.14. The number of unbranched alkanes of at least 4 members (excludes halogenated alkanes) is 19. The highest BCUT2D eigenvalue weighted by molar-refractivity contribution is 4.57. The average Bonchev–Trinajstić information content (AvgIpc) is 2.70. The van der Waals surface area contributed by atoms with Crippen LogP contribution in [0.25, 0.3) is 0 Å². The fourth-order valence-electron chi connectivity index (χ4n) is 3.90. The molecule has 0 aromatic heterocycles. The first-order chi connectivity index (χ1) is 13.8. The first-order valence-corrected chi connectivity index (χ1v) is 12.8. The highest BCUT2D eigenvalue weighted by Gasteiger charge is 1.96. The highest BCUT2D eigenvalue weighted by atomic mass is 16.5. The SMILES string of the molecule is CCCCCCCCCCCCCCCCCCCCCCN([O-])CCCO. The van der Waals surface area contributed by atoms with Gasteiger partial charge in [0.25, 0.3) is 0 Å². The van der Waals surface area contributed by atoms with E-state index >= 15 is 0 Å². The maximum absolute atomic E-state index is 11.4. The average molecular weight is 399 g/mol. The predicted octanol–water partition coefficient (Wildman–Crippen LogP) is 7.99. The van der Waals surface area contributed by atoms with Gasteiger partial charge in [0.1, 0.15) is 0 Å². The third kappa shape index (κ3) is 23.9. The van der Waals surface area contributed by atoms with Crippen molar-refractivity contribution in [2.45, 2.75) is 142 Å². The molecule has 0 saturated heterocycles. The van der Waals surface area contributed by atoms with Crippen LogP contribution in [0.2, 0.25) is 0 Å². The van der Waals surface area contributed by atoms with Gasteiger partial charge in [-0.15, -0.1) is 0 Å². The molecule has 0 saturated carbocycles. The van der Waals surface area contributed by atoms with E-state index in [-0.39, 0.29) is 6.61 Å². The molecular weight excluding hydrogens is 346 g/mol. The standard InChI is InChI=1S/C25H52NO2/c1-2-3-4-5-6-7-8-9-10-11-12-13-14-15-16-17-18-19-20-21-23-26(28)24-22-25-27/h27H,2-25H2,1H3/q-1. The predicted molar refractivity (Wildman–Crippen MR) is 125 cm³/mol. The number of rotatable bonds is 24. The Balaban J connectivity index is 3.03. The van der Waals surface area contributed by atoms with Crippen LogP contribution in [0.5, 0.6) is 0 Å². The normalized spacial score (nSPS) is 11.6. The molecule has 0 spiro atoms. The molecule has 0 bridgehead atoms. The Bertz CT molecular complexity index is 273. The topological polar surface area (TPSA) is 46.5 Å². The lowest BCUT2D eigenvalue weighted by atomic mass is 10.0. The van der Waals surface area contributed by atoms with E-state index in [1.807, 2.05) is 0 Å². The lowest BCUT2D eigenvalue weighted by Crippen LogP contribution is -2.19. The second kappa shape index (κ2) is 24.9. The van der Waals surface area contributed by atoms with E-state index in [1.165, 1.54) is 122 Å². The van der Waals surface area contributed by atoms with Crippen molar-refractivity contribution in [3.8, 4) is 0 Å². The number of hydrogen-bond acceptors (Lipinski definition) is 3. The van der Waals surface area contributed by atoms with E-state index < -0.39 is 0 Å². The lowest BCUT2D eigenvalue weighted by molar-refractivity contribution is 0.257. The maximum atomic E-state index is 11.4. The van der Waals surface area contributed by atoms with Crippen LogP contribution in [-0.2, 0) is 0 Å². The van der Waals surface area contributed by atoms with Gasteiger partial charge in [-0.1, -0.05) is 129 Å². The zero-order chi connectivity index (χ0) is 20.5. The molecule has 0 rings (SSSR count). The van der Waals surface area contributed by atoms with Gasteiger partial charge in [0.05, 0.1) is 0 Å². The fourth-order valence-corrected chi connectivity index (χ4v) is 3.90. The van der Waals surface area contributed by atoms with Crippen LogP contribution in [0.4, 0.5) is 0 Å². The Kier molecular flexibility index (Phi) is 24.8. The third-order valence-electron chi connectivity index (χ3n) is 5.83. The number of aliphatic hydroxyl groups is 1. The molecule has 0 heterocycles. The quantitative estimate of drug-likeness (QED) is 0.132. The van der Waals surface area contributed by atoms with Gasteiger partial charge in [0.2, 0.25) is 0 Å². The van der Waals surface area contributed by atoms with Crippen LogP contribution in [0.1, 0.15) is 142 Å². The largest absolute Gasteiger partial charge is 0.785 e. The molecule has 0 radical (unpaired) electrons. The summed E-state index contributed by atoms with van der Waals surface area (Å²) in [6, 6.07) is 0. The number of nitrogens with zero attached hydrogens (tertiary/aromatic N) is 1. The van der Waals surface area contributed by atoms with Crippen molar-refractivity contribution in [1.29, 1.82) is 0 Å². The van der Waals surface area contributed by atoms with Gasteiger partial charge in [-0.3, -0.25) is 0 Å². The van der Waals surface area contributed by atoms with Gasteiger partial charge in [0.15, 0.2) is 0 Å². The van der Waals surface area contributed by atoms with Crippen LogP contribution >= 0.6 is 0 Å². The minimum Gasteiger partial charge on any atom is -0.785 e. The molecule has 0 aliphatic heterocycles. The van der Waals surface area contributed by atoms with Crippen molar-refractivity contribution in [3.05, 3.63) is 5.21 Å². The molecule has 3 heteroatoms. The number of hydrogen-bond donors (Lipinski definition) is 1. The Morgan fingerprint density at radius 1 is 0.464 bits per heavy atom. The maximum Gasteiger partial charge on any atom is 0.0442 e. The second-order valence-corrected chi connectivity index (χ2v) is 8.72. The van der Waals surface area contributed by atoms with Gasteiger partial charge in [-0.2, -0.15) is 0 Å². The van der Waals surface area contributed by atoms with E-state index in [0.29, 0.717) is 19.5 Å². The van der Waals surface area contributed by atoms with Crippen molar-refractivity contribution < 1.29 is 5.11 Å². The monoisotopic (exact) mass is 398 g/mol. The summed E-state index contributed by atoms with van der Waals surface area (Å²) in [5.74, 6) is 0. The Labute approximate surface area is 177 Å². The van der Waals surface area contributed by atoms with Crippen molar-refractivity contribution >= 4 is 0 Å². The molecule has 0 aromatic carbocycles. The van der Waals surface area contributed by atoms with Gasteiger partial charge in [-0.25, -0.2) is 0 Å². The molecule has 170 valence electrons. The summed E-state index contributed by atoms with van der Waals surface area (Å²) in [5, 5.41) is 21.2. The Morgan fingerprint density at radius 2 is 0.750 bits per heavy atom. The van der Waals surface area contributed by atoms with Crippen LogP contribution in [0.15, 0.2) is 0 Å². The minimum absolute atomic E-state index is 0.123. The van der Waals surface area contributed by atoms with Gasteiger partial charge in [-0.05, 0) is 25.9 Å². The van der Waals surface area contributed by atoms with Crippen molar-refractivity contribution in [3.63, 3.8) is 0 Å². The summed E-state index contributed by atoms with van der Waals surface area (Å²) in [7, 11) is 0. The first kappa shape index (κ1) is 27.9. The molecular formula is C25H52NO2-. The first-order valence-electron chi connectivity index (χ1n) is 12.8. The summed E-state index contributed by atoms with van der Waals surface area (Å²) >= 11 is 0. The Hall–Kier alpha value is -0.120. The molecule has 0 fully saturated rings. The van der Waals surface area contributed by atoms with Crippen LogP contribution in [0, 0.1) is 5.21 Å². The zero-order valence-corrected chi connectivity index (χ0v) is 19.3. The molecule has 0 aromatic rings. The smallest absolute Gasteiger partial charge is 0.0442 e.